The van der Waals surface area contributed by atoms with Gasteiger partial charge < -0.3 is 5.32 Å². The lowest BCUT2D eigenvalue weighted by Gasteiger charge is -2.26. The quantitative estimate of drug-likeness (QED) is 0.709. The average Bonchev–Trinajstić information content (AvgIpc) is 2.68. The highest BCUT2D eigenvalue weighted by Gasteiger charge is 2.37. The number of anilines is 1. The lowest BCUT2D eigenvalue weighted by atomic mass is 10.0. The fraction of sp³-hybridized carbons (Fsp3) is 0.190. The van der Waals surface area contributed by atoms with E-state index in [9.17, 15) is 22.8 Å². The maximum atomic E-state index is 13.2. The molecule has 1 amide bonds. The number of rotatable bonds is 4. The molecule has 0 saturated heterocycles. The minimum atomic E-state index is -4.63. The van der Waals surface area contributed by atoms with Gasteiger partial charge in [0.1, 0.15) is 5.54 Å². The van der Waals surface area contributed by atoms with E-state index in [1.807, 2.05) is 6.07 Å². The van der Waals surface area contributed by atoms with Gasteiger partial charge in [-0.2, -0.15) is 18.3 Å². The highest BCUT2D eigenvalue weighted by molar-refractivity contribution is 5.96. The molecule has 3 rings (SSSR count). The van der Waals surface area contributed by atoms with Crippen LogP contribution in [0.4, 0.5) is 18.9 Å². The van der Waals surface area contributed by atoms with Crippen molar-refractivity contribution in [1.29, 1.82) is 0 Å². The number of nitrogens with one attached hydrogen (secondary N) is 1. The number of hydrogen-bond acceptors (Lipinski definition) is 3. The van der Waals surface area contributed by atoms with Gasteiger partial charge >= 0.3 is 6.18 Å². The number of carbonyl (C=O) groups is 1. The Hall–Kier alpha value is -3.42. The van der Waals surface area contributed by atoms with Crippen molar-refractivity contribution < 1.29 is 18.0 Å². The molecule has 1 N–H and O–H groups in total. The molecule has 0 bridgehead atoms. The minimum absolute atomic E-state index is 0.384. The average molecular weight is 401 g/mol. The molecule has 3 aromatic rings. The molecule has 0 aliphatic carbocycles. The van der Waals surface area contributed by atoms with E-state index < -0.39 is 28.7 Å². The van der Waals surface area contributed by atoms with Gasteiger partial charge in [-0.25, -0.2) is 4.68 Å². The minimum Gasteiger partial charge on any atom is -0.323 e. The van der Waals surface area contributed by atoms with E-state index in [0.717, 1.165) is 22.4 Å². The van der Waals surface area contributed by atoms with Gasteiger partial charge in [-0.1, -0.05) is 42.5 Å². The van der Waals surface area contributed by atoms with Gasteiger partial charge in [0.05, 0.1) is 16.9 Å². The Balaban J connectivity index is 1.98. The van der Waals surface area contributed by atoms with Crippen molar-refractivity contribution in [3.8, 4) is 11.3 Å². The van der Waals surface area contributed by atoms with Crippen LogP contribution in [0.15, 0.2) is 71.5 Å². The highest BCUT2D eigenvalue weighted by atomic mass is 19.4. The number of carbonyl (C=O) groups excluding carboxylic acids is 1. The van der Waals surface area contributed by atoms with E-state index in [-0.39, 0.29) is 5.69 Å². The number of hydrogen-bond donors (Lipinski definition) is 1. The van der Waals surface area contributed by atoms with Crippen LogP contribution in [-0.2, 0) is 16.5 Å². The van der Waals surface area contributed by atoms with E-state index in [1.165, 1.54) is 38.1 Å². The molecule has 0 saturated carbocycles. The molecule has 2 aromatic carbocycles. The first-order valence-corrected chi connectivity index (χ1v) is 8.74. The van der Waals surface area contributed by atoms with Gasteiger partial charge in [-0.05, 0) is 32.0 Å². The molecule has 0 radical (unpaired) electrons. The first kappa shape index (κ1) is 20.3. The Labute approximate surface area is 164 Å². The largest absolute Gasteiger partial charge is 0.418 e. The van der Waals surface area contributed by atoms with Gasteiger partial charge in [-0.15, -0.1) is 0 Å². The maximum Gasteiger partial charge on any atom is 0.418 e. The fourth-order valence-electron chi connectivity index (χ4n) is 2.79. The molecule has 150 valence electrons. The van der Waals surface area contributed by atoms with E-state index in [0.29, 0.717) is 5.69 Å². The van der Waals surface area contributed by atoms with Crippen molar-refractivity contribution in [2.75, 3.05) is 5.32 Å². The zero-order chi connectivity index (χ0) is 21.2. The van der Waals surface area contributed by atoms with Crippen molar-refractivity contribution in [3.05, 3.63) is 82.6 Å². The van der Waals surface area contributed by atoms with Crippen LogP contribution < -0.4 is 10.9 Å². The normalized spacial score (nSPS) is 11.9. The van der Waals surface area contributed by atoms with Crippen molar-refractivity contribution in [2.45, 2.75) is 25.6 Å². The lowest BCUT2D eigenvalue weighted by Crippen LogP contribution is -2.47. The molecule has 0 unspecified atom stereocenters. The number of aromatic nitrogens is 2. The second-order valence-corrected chi connectivity index (χ2v) is 6.89. The Morgan fingerprint density at radius 1 is 0.931 bits per heavy atom. The third-order valence-electron chi connectivity index (χ3n) is 4.44. The Kier molecular flexibility index (Phi) is 5.28. The van der Waals surface area contributed by atoms with Gasteiger partial charge in [0.2, 0.25) is 0 Å². The summed E-state index contributed by atoms with van der Waals surface area (Å²) in [5.41, 5.74) is -2.25. The van der Waals surface area contributed by atoms with Crippen molar-refractivity contribution in [3.63, 3.8) is 0 Å². The van der Waals surface area contributed by atoms with Crippen LogP contribution in [0.1, 0.15) is 19.4 Å². The molecule has 5 nitrogen and oxygen atoms in total. The zero-order valence-electron chi connectivity index (χ0n) is 15.7. The molecule has 0 atom stereocenters. The van der Waals surface area contributed by atoms with Crippen molar-refractivity contribution >= 4 is 11.6 Å². The number of nitrogens with zero attached hydrogens (tertiary/aromatic N) is 2. The monoisotopic (exact) mass is 401 g/mol. The van der Waals surface area contributed by atoms with E-state index in [4.69, 9.17) is 0 Å². The number of amides is 1. The summed E-state index contributed by atoms with van der Waals surface area (Å²) in [5.74, 6) is -0.797. The molecule has 8 heteroatoms. The molecule has 0 fully saturated rings. The Morgan fingerprint density at radius 3 is 2.21 bits per heavy atom. The summed E-state index contributed by atoms with van der Waals surface area (Å²) in [4.78, 5) is 25.2. The summed E-state index contributed by atoms with van der Waals surface area (Å²) in [5, 5.41) is 6.55. The summed E-state index contributed by atoms with van der Waals surface area (Å²) in [6.07, 6.45) is -4.63. The third kappa shape index (κ3) is 4.21. The molecule has 0 aliphatic heterocycles. The summed E-state index contributed by atoms with van der Waals surface area (Å²) < 4.78 is 40.6. The van der Waals surface area contributed by atoms with Crippen LogP contribution in [0.2, 0.25) is 0 Å². The molecule has 1 heterocycles. The van der Waals surface area contributed by atoms with Crippen molar-refractivity contribution in [1.82, 2.24) is 9.78 Å². The van der Waals surface area contributed by atoms with Gasteiger partial charge in [0, 0.05) is 11.6 Å². The summed E-state index contributed by atoms with van der Waals surface area (Å²) in [7, 11) is 0. The van der Waals surface area contributed by atoms with Gasteiger partial charge in [0.15, 0.2) is 0 Å². The predicted molar refractivity (Wildman–Crippen MR) is 103 cm³/mol. The Morgan fingerprint density at radius 2 is 1.55 bits per heavy atom. The predicted octanol–water partition coefficient (Wildman–Crippen LogP) is 4.30. The number of benzene rings is 2. The van der Waals surface area contributed by atoms with Crippen LogP contribution in [0.25, 0.3) is 11.3 Å². The standard InChI is InChI=1S/C21H18F3N3O2/c1-20(2,19(29)25-17-11-7-6-10-15(17)21(22,23)24)27-18(28)13-12-16(26-27)14-8-4-3-5-9-14/h3-13H,1-2H3,(H,25,29). The first-order chi connectivity index (χ1) is 13.6. The third-order valence-corrected chi connectivity index (χ3v) is 4.44. The second-order valence-electron chi connectivity index (χ2n) is 6.89. The van der Waals surface area contributed by atoms with Crippen LogP contribution in [-0.4, -0.2) is 15.7 Å². The Bertz CT molecular complexity index is 1090. The van der Waals surface area contributed by atoms with E-state index >= 15 is 0 Å². The molecular weight excluding hydrogens is 383 g/mol. The molecule has 0 aliphatic rings. The SMILES string of the molecule is CC(C)(C(=O)Nc1ccccc1C(F)(F)F)n1nc(-c2ccccc2)ccc1=O. The second kappa shape index (κ2) is 7.54. The molecule has 0 spiro atoms. The molecule has 29 heavy (non-hydrogen) atoms. The first-order valence-electron chi connectivity index (χ1n) is 8.74. The van der Waals surface area contributed by atoms with E-state index in [2.05, 4.69) is 10.4 Å². The smallest absolute Gasteiger partial charge is 0.323 e. The van der Waals surface area contributed by atoms with Crippen LogP contribution in [0, 0.1) is 0 Å². The van der Waals surface area contributed by atoms with Crippen LogP contribution in [0.3, 0.4) is 0 Å². The highest BCUT2D eigenvalue weighted by Crippen LogP contribution is 2.35. The number of alkyl halides is 3. The van der Waals surface area contributed by atoms with Crippen LogP contribution >= 0.6 is 0 Å². The number of para-hydroxylation sites is 1. The zero-order valence-corrected chi connectivity index (χ0v) is 15.7. The van der Waals surface area contributed by atoms with E-state index in [1.54, 1.807) is 24.3 Å². The summed E-state index contributed by atoms with van der Waals surface area (Å²) in [6, 6.07) is 16.5. The maximum absolute atomic E-state index is 13.2. The molecule has 1 aromatic heterocycles. The van der Waals surface area contributed by atoms with Gasteiger partial charge in [-0.3, -0.25) is 9.59 Å². The topological polar surface area (TPSA) is 64.0 Å². The summed E-state index contributed by atoms with van der Waals surface area (Å²) in [6.45, 7) is 2.84. The molecular formula is C21H18F3N3O2. The fourth-order valence-corrected chi connectivity index (χ4v) is 2.79. The lowest BCUT2D eigenvalue weighted by molar-refractivity contribution is -0.137. The summed E-state index contributed by atoms with van der Waals surface area (Å²) >= 11 is 0. The van der Waals surface area contributed by atoms with Crippen LogP contribution in [0.5, 0.6) is 0 Å². The van der Waals surface area contributed by atoms with Crippen molar-refractivity contribution in [2.24, 2.45) is 0 Å². The number of halogens is 3. The van der Waals surface area contributed by atoms with Gasteiger partial charge in [0.25, 0.3) is 11.5 Å².